The molecule has 0 saturated heterocycles. The van der Waals surface area contributed by atoms with E-state index in [1.165, 1.54) is 50.8 Å². The highest BCUT2D eigenvalue weighted by Gasteiger charge is 2.09. The van der Waals surface area contributed by atoms with Gasteiger partial charge in [-0.1, -0.05) is 99.8 Å². The van der Waals surface area contributed by atoms with E-state index in [0.29, 0.717) is 13.2 Å². The largest absolute Gasteiger partial charge is 0.485 e. The predicted molar refractivity (Wildman–Crippen MR) is 151 cm³/mol. The fourth-order valence-electron chi connectivity index (χ4n) is 4.14. The minimum absolute atomic E-state index is 0.517. The van der Waals surface area contributed by atoms with Crippen molar-refractivity contribution in [1.82, 2.24) is 10.2 Å². The third kappa shape index (κ3) is 10.4. The zero-order chi connectivity index (χ0) is 25.3. The summed E-state index contributed by atoms with van der Waals surface area (Å²) in [5, 5.41) is 3.64. The molecule has 0 aromatic heterocycles. The second kappa shape index (κ2) is 16.8. The monoisotopic (exact) mass is 488 g/mol. The van der Waals surface area contributed by atoms with Crippen LogP contribution in [0.5, 0.6) is 11.5 Å². The zero-order valence-corrected chi connectivity index (χ0v) is 22.3. The van der Waals surface area contributed by atoms with Gasteiger partial charge in [0.1, 0.15) is 13.2 Å². The van der Waals surface area contributed by atoms with E-state index in [4.69, 9.17) is 9.47 Å². The minimum atomic E-state index is 0.517. The number of benzene rings is 3. The van der Waals surface area contributed by atoms with Gasteiger partial charge >= 0.3 is 0 Å². The number of hydrogen-bond donors (Lipinski definition) is 1. The van der Waals surface area contributed by atoms with E-state index >= 15 is 0 Å². The molecule has 0 saturated carbocycles. The number of nitrogens with one attached hydrogen (secondary N) is 1. The molecule has 0 unspecified atom stereocenters. The summed E-state index contributed by atoms with van der Waals surface area (Å²) in [7, 11) is 0. The molecule has 3 aromatic carbocycles. The predicted octanol–water partition coefficient (Wildman–Crippen LogP) is 7.23. The van der Waals surface area contributed by atoms with Gasteiger partial charge in [0.25, 0.3) is 0 Å². The summed E-state index contributed by atoms with van der Waals surface area (Å²) in [6.45, 7) is 10.9. The third-order valence-electron chi connectivity index (χ3n) is 6.32. The molecule has 4 heteroatoms. The van der Waals surface area contributed by atoms with Crippen molar-refractivity contribution in [1.29, 1.82) is 0 Å². The van der Waals surface area contributed by atoms with E-state index in [1.807, 2.05) is 42.5 Å². The number of unbranched alkanes of at least 4 members (excludes halogenated alkanes) is 3. The van der Waals surface area contributed by atoms with E-state index < -0.39 is 0 Å². The van der Waals surface area contributed by atoms with Crippen molar-refractivity contribution in [2.24, 2.45) is 0 Å². The molecule has 1 N–H and O–H groups in total. The molecule has 3 rings (SSSR count). The maximum Gasteiger partial charge on any atom is 0.162 e. The van der Waals surface area contributed by atoms with Crippen molar-refractivity contribution in [3.63, 3.8) is 0 Å². The SMILES string of the molecule is CCCCCN(CCCC)CCNCc1ccc(OCc2ccccc2)c(OCc2ccccc2)c1. The molecule has 194 valence electrons. The van der Waals surface area contributed by atoms with Crippen molar-refractivity contribution < 1.29 is 9.47 Å². The molecule has 0 atom stereocenters. The quantitative estimate of drug-likeness (QED) is 0.192. The maximum absolute atomic E-state index is 6.24. The second-order valence-corrected chi connectivity index (χ2v) is 9.41. The molecule has 0 radical (unpaired) electrons. The summed E-state index contributed by atoms with van der Waals surface area (Å²) in [5.41, 5.74) is 3.49. The van der Waals surface area contributed by atoms with Crippen LogP contribution in [0, 0.1) is 0 Å². The normalized spacial score (nSPS) is 11.1. The summed E-state index contributed by atoms with van der Waals surface area (Å²) in [6, 6.07) is 26.8. The van der Waals surface area contributed by atoms with Crippen LogP contribution in [0.2, 0.25) is 0 Å². The molecular formula is C32H44N2O2. The van der Waals surface area contributed by atoms with Crippen LogP contribution in [0.3, 0.4) is 0 Å². The van der Waals surface area contributed by atoms with E-state index in [9.17, 15) is 0 Å². The lowest BCUT2D eigenvalue weighted by molar-refractivity contribution is 0.255. The summed E-state index contributed by atoms with van der Waals surface area (Å²) in [4.78, 5) is 2.61. The molecule has 0 aliphatic carbocycles. The first-order valence-corrected chi connectivity index (χ1v) is 13.7. The summed E-state index contributed by atoms with van der Waals surface area (Å²) in [6.07, 6.45) is 6.42. The topological polar surface area (TPSA) is 33.7 Å². The Hall–Kier alpha value is -2.82. The fraction of sp³-hybridized carbons (Fsp3) is 0.438. The molecule has 0 fully saturated rings. The highest BCUT2D eigenvalue weighted by atomic mass is 16.5. The fourth-order valence-corrected chi connectivity index (χ4v) is 4.14. The molecule has 0 spiro atoms. The van der Waals surface area contributed by atoms with Crippen molar-refractivity contribution in [2.45, 2.75) is 65.7 Å². The third-order valence-corrected chi connectivity index (χ3v) is 6.32. The number of ether oxygens (including phenoxy) is 2. The van der Waals surface area contributed by atoms with Crippen LogP contribution in [0.1, 0.15) is 62.6 Å². The van der Waals surface area contributed by atoms with Crippen molar-refractivity contribution >= 4 is 0 Å². The molecule has 3 aromatic rings. The van der Waals surface area contributed by atoms with E-state index in [1.54, 1.807) is 0 Å². The second-order valence-electron chi connectivity index (χ2n) is 9.41. The van der Waals surface area contributed by atoms with Crippen molar-refractivity contribution in [2.75, 3.05) is 26.2 Å². The Morgan fingerprint density at radius 2 is 1.22 bits per heavy atom. The molecule has 36 heavy (non-hydrogen) atoms. The lowest BCUT2D eigenvalue weighted by Gasteiger charge is -2.22. The molecule has 0 aliphatic heterocycles. The van der Waals surface area contributed by atoms with Crippen LogP contribution in [0.25, 0.3) is 0 Å². The van der Waals surface area contributed by atoms with Gasteiger partial charge in [0.2, 0.25) is 0 Å². The molecule has 0 bridgehead atoms. The highest BCUT2D eigenvalue weighted by Crippen LogP contribution is 2.30. The first-order valence-electron chi connectivity index (χ1n) is 13.7. The summed E-state index contributed by atoms with van der Waals surface area (Å²) < 4.78 is 12.4. The lowest BCUT2D eigenvalue weighted by atomic mass is 10.2. The molecule has 0 heterocycles. The minimum Gasteiger partial charge on any atom is -0.485 e. The van der Waals surface area contributed by atoms with Gasteiger partial charge in [0, 0.05) is 19.6 Å². The van der Waals surface area contributed by atoms with E-state index in [-0.39, 0.29) is 0 Å². The molecule has 0 amide bonds. The first kappa shape index (κ1) is 27.8. The van der Waals surface area contributed by atoms with Crippen LogP contribution >= 0.6 is 0 Å². The Kier molecular flexibility index (Phi) is 12.9. The van der Waals surface area contributed by atoms with Gasteiger partial charge in [0.15, 0.2) is 11.5 Å². The zero-order valence-electron chi connectivity index (χ0n) is 22.3. The van der Waals surface area contributed by atoms with Crippen molar-refractivity contribution in [3.8, 4) is 11.5 Å². The van der Waals surface area contributed by atoms with Gasteiger partial charge in [-0.05, 0) is 54.8 Å². The first-order chi connectivity index (χ1) is 17.8. The van der Waals surface area contributed by atoms with Gasteiger partial charge < -0.3 is 19.7 Å². The number of nitrogens with zero attached hydrogens (tertiary/aromatic N) is 1. The Labute approximate surface area is 218 Å². The Balaban J connectivity index is 1.57. The Bertz CT molecular complexity index is 962. The highest BCUT2D eigenvalue weighted by molar-refractivity contribution is 5.43. The van der Waals surface area contributed by atoms with Gasteiger partial charge in [-0.2, -0.15) is 0 Å². The van der Waals surface area contributed by atoms with Crippen LogP contribution in [-0.4, -0.2) is 31.1 Å². The number of rotatable bonds is 18. The van der Waals surface area contributed by atoms with E-state index in [0.717, 1.165) is 42.3 Å². The average molecular weight is 489 g/mol. The summed E-state index contributed by atoms with van der Waals surface area (Å²) in [5.74, 6) is 1.57. The molecule has 0 aliphatic rings. The standard InChI is InChI=1S/C32H44N2O2/c1-3-5-13-22-34(21-6-4-2)23-20-33-25-30-18-19-31(35-26-28-14-9-7-10-15-28)32(24-30)36-27-29-16-11-8-12-17-29/h7-12,14-19,24,33H,3-6,13,20-23,25-27H2,1-2H3. The molecule has 4 nitrogen and oxygen atoms in total. The van der Waals surface area contributed by atoms with Crippen LogP contribution in [0.4, 0.5) is 0 Å². The maximum atomic E-state index is 6.24. The van der Waals surface area contributed by atoms with Gasteiger partial charge in [-0.25, -0.2) is 0 Å². The lowest BCUT2D eigenvalue weighted by Crippen LogP contribution is -2.33. The Morgan fingerprint density at radius 3 is 1.86 bits per heavy atom. The van der Waals surface area contributed by atoms with Gasteiger partial charge in [-0.15, -0.1) is 0 Å². The molecular weight excluding hydrogens is 444 g/mol. The van der Waals surface area contributed by atoms with Crippen LogP contribution in [-0.2, 0) is 19.8 Å². The number of hydrogen-bond acceptors (Lipinski definition) is 4. The average Bonchev–Trinajstić information content (AvgIpc) is 2.93. The van der Waals surface area contributed by atoms with Crippen molar-refractivity contribution in [3.05, 3.63) is 95.6 Å². The van der Waals surface area contributed by atoms with E-state index in [2.05, 4.69) is 60.5 Å². The van der Waals surface area contributed by atoms with Gasteiger partial charge in [-0.3, -0.25) is 0 Å². The van der Waals surface area contributed by atoms with Crippen LogP contribution < -0.4 is 14.8 Å². The smallest absolute Gasteiger partial charge is 0.162 e. The van der Waals surface area contributed by atoms with Gasteiger partial charge in [0.05, 0.1) is 0 Å². The Morgan fingerprint density at radius 1 is 0.611 bits per heavy atom. The summed E-state index contributed by atoms with van der Waals surface area (Å²) >= 11 is 0. The van der Waals surface area contributed by atoms with Crippen LogP contribution in [0.15, 0.2) is 78.9 Å².